The lowest BCUT2D eigenvalue weighted by atomic mass is 10.1. The van der Waals surface area contributed by atoms with E-state index >= 15 is 0 Å². The van der Waals surface area contributed by atoms with Gasteiger partial charge in [-0.3, -0.25) is 9.80 Å². The molecular formula is C20H20FN5O4S2. The van der Waals surface area contributed by atoms with E-state index in [1.165, 1.54) is 18.1 Å². The van der Waals surface area contributed by atoms with Crippen molar-refractivity contribution < 1.29 is 22.3 Å². The number of primary sulfonamides is 1. The van der Waals surface area contributed by atoms with E-state index in [-0.39, 0.29) is 21.1 Å². The minimum absolute atomic E-state index is 0.0561. The molecule has 1 saturated heterocycles. The molecule has 1 fully saturated rings. The van der Waals surface area contributed by atoms with Crippen molar-refractivity contribution in [2.24, 2.45) is 5.14 Å². The molecule has 168 valence electrons. The molecule has 0 atom stereocenters. The van der Waals surface area contributed by atoms with Crippen molar-refractivity contribution in [1.29, 1.82) is 0 Å². The topological polar surface area (TPSA) is 119 Å². The van der Waals surface area contributed by atoms with Crippen LogP contribution in [-0.2, 0) is 10.0 Å². The summed E-state index contributed by atoms with van der Waals surface area (Å²) in [7, 11) is -2.45. The van der Waals surface area contributed by atoms with Gasteiger partial charge in [-0.05, 0) is 37.1 Å². The molecule has 0 spiro atoms. The summed E-state index contributed by atoms with van der Waals surface area (Å²) in [5.74, 6) is -0.187. The van der Waals surface area contributed by atoms with Gasteiger partial charge in [-0.25, -0.2) is 32.7 Å². The molecule has 2 amide bonds. The monoisotopic (exact) mass is 477 g/mol. The van der Waals surface area contributed by atoms with Crippen molar-refractivity contribution in [3.63, 3.8) is 0 Å². The van der Waals surface area contributed by atoms with Crippen LogP contribution in [0.2, 0.25) is 0 Å². The first-order valence-corrected chi connectivity index (χ1v) is 11.9. The molecule has 0 bridgehead atoms. The number of pyridine rings is 1. The van der Waals surface area contributed by atoms with Crippen LogP contribution in [0.1, 0.15) is 12.1 Å². The Bertz CT molecular complexity index is 1280. The van der Waals surface area contributed by atoms with Gasteiger partial charge in [0, 0.05) is 24.3 Å². The summed E-state index contributed by atoms with van der Waals surface area (Å²) >= 11 is 0.877. The predicted molar refractivity (Wildman–Crippen MR) is 119 cm³/mol. The molecule has 1 aliphatic heterocycles. The Morgan fingerprint density at radius 1 is 1.19 bits per heavy atom. The van der Waals surface area contributed by atoms with Crippen LogP contribution < -0.4 is 19.7 Å². The average molecular weight is 478 g/mol. The minimum atomic E-state index is -3.91. The number of ether oxygens (including phenoxy) is 1. The number of rotatable bonds is 5. The molecule has 12 heteroatoms. The number of amides is 2. The summed E-state index contributed by atoms with van der Waals surface area (Å²) in [5, 5.41) is 5.52. The summed E-state index contributed by atoms with van der Waals surface area (Å²) in [5.41, 5.74) is 2.10. The van der Waals surface area contributed by atoms with E-state index < -0.39 is 15.8 Å². The lowest BCUT2D eigenvalue weighted by molar-refractivity contribution is 0.248. The number of benzene rings is 1. The van der Waals surface area contributed by atoms with Crippen LogP contribution in [0.4, 0.5) is 20.0 Å². The van der Waals surface area contributed by atoms with Crippen LogP contribution in [0.15, 0.2) is 40.7 Å². The van der Waals surface area contributed by atoms with Crippen LogP contribution in [0.25, 0.3) is 11.1 Å². The number of urea groups is 1. The molecule has 2 aromatic heterocycles. The third-order valence-electron chi connectivity index (χ3n) is 4.96. The van der Waals surface area contributed by atoms with Gasteiger partial charge in [-0.1, -0.05) is 23.5 Å². The Labute approximate surface area is 188 Å². The van der Waals surface area contributed by atoms with Crippen LogP contribution in [0.3, 0.4) is 0 Å². The molecular weight excluding hydrogens is 457 g/mol. The van der Waals surface area contributed by atoms with Crippen LogP contribution >= 0.6 is 11.3 Å². The Morgan fingerprint density at radius 3 is 2.50 bits per heavy atom. The zero-order valence-electron chi connectivity index (χ0n) is 17.3. The summed E-state index contributed by atoms with van der Waals surface area (Å²) < 4.78 is 42.3. The number of methoxy groups -OCH3 is 1. The zero-order chi connectivity index (χ0) is 23.0. The summed E-state index contributed by atoms with van der Waals surface area (Å²) in [6, 6.07) is 8.04. The highest BCUT2D eigenvalue weighted by Gasteiger charge is 2.31. The molecule has 0 radical (unpaired) electrons. The number of anilines is 2. The standard InChI is InChI=1S/C20H20FN5O4S2/c1-12-18(32(22,28)29)31-19(24-12)26-9-3-8-25(20(26)27)15-6-4-13(5-7-15)16-10-14(21)11-23-17(16)30-2/h4-7,10-11H,3,8-9H2,1-2H3,(H2,22,28,29). The lowest BCUT2D eigenvalue weighted by Crippen LogP contribution is -2.49. The molecule has 0 aliphatic carbocycles. The van der Waals surface area contributed by atoms with Gasteiger partial charge in [-0.2, -0.15) is 0 Å². The Morgan fingerprint density at radius 2 is 1.88 bits per heavy atom. The van der Waals surface area contributed by atoms with E-state index in [0.29, 0.717) is 42.2 Å². The van der Waals surface area contributed by atoms with Gasteiger partial charge in [0.15, 0.2) is 9.34 Å². The average Bonchev–Trinajstić information content (AvgIpc) is 3.16. The summed E-state index contributed by atoms with van der Waals surface area (Å²) in [4.78, 5) is 24.4. The van der Waals surface area contributed by atoms with Crippen molar-refractivity contribution >= 4 is 38.2 Å². The van der Waals surface area contributed by atoms with Crippen LogP contribution in [0.5, 0.6) is 5.88 Å². The van der Waals surface area contributed by atoms with E-state index in [1.54, 1.807) is 36.1 Å². The number of nitrogens with zero attached hydrogens (tertiary/aromatic N) is 4. The number of carbonyl (C=O) groups excluding carboxylic acids is 1. The summed E-state index contributed by atoms with van der Waals surface area (Å²) in [6.45, 7) is 2.45. The van der Waals surface area contributed by atoms with Crippen molar-refractivity contribution in [2.75, 3.05) is 30.0 Å². The van der Waals surface area contributed by atoms with Gasteiger partial charge in [0.25, 0.3) is 0 Å². The van der Waals surface area contributed by atoms with Gasteiger partial charge in [0.2, 0.25) is 15.9 Å². The predicted octanol–water partition coefficient (Wildman–Crippen LogP) is 3.15. The maximum absolute atomic E-state index is 13.7. The second kappa shape index (κ2) is 8.45. The molecule has 1 aromatic carbocycles. The Kier molecular flexibility index (Phi) is 5.84. The highest BCUT2D eigenvalue weighted by Crippen LogP contribution is 2.34. The number of hydrogen-bond donors (Lipinski definition) is 1. The maximum atomic E-state index is 13.7. The highest BCUT2D eigenvalue weighted by molar-refractivity contribution is 7.91. The van der Waals surface area contributed by atoms with Gasteiger partial charge in [0.05, 0.1) is 19.0 Å². The number of carbonyl (C=O) groups is 1. The minimum Gasteiger partial charge on any atom is -0.481 e. The van der Waals surface area contributed by atoms with Crippen molar-refractivity contribution in [3.05, 3.63) is 48.0 Å². The van der Waals surface area contributed by atoms with E-state index in [0.717, 1.165) is 17.5 Å². The van der Waals surface area contributed by atoms with Crippen molar-refractivity contribution in [3.8, 4) is 17.0 Å². The largest absolute Gasteiger partial charge is 0.481 e. The van der Waals surface area contributed by atoms with E-state index in [9.17, 15) is 17.6 Å². The first-order valence-electron chi connectivity index (χ1n) is 9.58. The Hall–Kier alpha value is -3.09. The fourth-order valence-electron chi connectivity index (χ4n) is 3.51. The van der Waals surface area contributed by atoms with E-state index in [1.807, 2.05) is 0 Å². The number of thiazole rings is 1. The molecule has 1 aliphatic rings. The number of aromatic nitrogens is 2. The fraction of sp³-hybridized carbons (Fsp3) is 0.250. The molecule has 32 heavy (non-hydrogen) atoms. The molecule has 2 N–H and O–H groups in total. The van der Waals surface area contributed by atoms with Crippen LogP contribution in [-0.4, -0.2) is 44.6 Å². The highest BCUT2D eigenvalue weighted by atomic mass is 32.2. The third kappa shape index (κ3) is 4.16. The molecule has 3 heterocycles. The van der Waals surface area contributed by atoms with E-state index in [2.05, 4.69) is 9.97 Å². The van der Waals surface area contributed by atoms with Gasteiger partial charge in [0.1, 0.15) is 5.82 Å². The number of nitrogens with two attached hydrogens (primary N) is 1. The smallest absolute Gasteiger partial charge is 0.330 e. The second-order valence-corrected chi connectivity index (χ2v) is 9.85. The first-order chi connectivity index (χ1) is 15.2. The molecule has 0 unspecified atom stereocenters. The number of hydrogen-bond acceptors (Lipinski definition) is 7. The number of sulfonamides is 1. The zero-order valence-corrected chi connectivity index (χ0v) is 18.9. The van der Waals surface area contributed by atoms with Gasteiger partial charge >= 0.3 is 6.03 Å². The van der Waals surface area contributed by atoms with Crippen LogP contribution in [0, 0.1) is 12.7 Å². The quantitative estimate of drug-likeness (QED) is 0.603. The normalized spacial score (nSPS) is 14.7. The Balaban J connectivity index is 1.61. The van der Waals surface area contributed by atoms with E-state index in [4.69, 9.17) is 9.88 Å². The third-order valence-corrected chi connectivity index (χ3v) is 7.69. The SMILES string of the molecule is COc1ncc(F)cc1-c1ccc(N2CCCN(c3nc(C)c(S(N)(=O)=O)s3)C2=O)cc1. The summed E-state index contributed by atoms with van der Waals surface area (Å²) in [6.07, 6.45) is 1.75. The maximum Gasteiger partial charge on any atom is 0.330 e. The lowest BCUT2D eigenvalue weighted by Gasteiger charge is -2.34. The second-order valence-electron chi connectivity index (χ2n) is 7.11. The number of halogens is 1. The van der Waals surface area contributed by atoms with Gasteiger partial charge < -0.3 is 4.74 Å². The first kappa shape index (κ1) is 22.1. The van der Waals surface area contributed by atoms with Gasteiger partial charge in [-0.15, -0.1) is 0 Å². The molecule has 3 aromatic rings. The van der Waals surface area contributed by atoms with Crippen molar-refractivity contribution in [1.82, 2.24) is 9.97 Å². The number of aryl methyl sites for hydroxylation is 1. The fourth-order valence-corrected chi connectivity index (χ4v) is 5.47. The molecule has 4 rings (SSSR count). The van der Waals surface area contributed by atoms with Crippen molar-refractivity contribution in [2.45, 2.75) is 17.6 Å². The molecule has 9 nitrogen and oxygen atoms in total. The molecule has 0 saturated carbocycles.